The molecule has 1 amide bonds. The molecule has 1 heterocycles. The van der Waals surface area contributed by atoms with Crippen LogP contribution in [-0.2, 0) is 5.75 Å². The minimum atomic E-state index is -0.0847. The molecule has 0 fully saturated rings. The molecule has 0 spiro atoms. The second-order valence-corrected chi connectivity index (χ2v) is 7.74. The lowest BCUT2D eigenvalue weighted by molar-refractivity contribution is 0.0940. The number of rotatable bonds is 6. The first-order chi connectivity index (χ1) is 12.1. The van der Waals surface area contributed by atoms with E-state index in [9.17, 15) is 4.79 Å². The molecule has 25 heavy (non-hydrogen) atoms. The number of benzene rings is 2. The van der Waals surface area contributed by atoms with Crippen molar-refractivity contribution in [3.63, 3.8) is 0 Å². The van der Waals surface area contributed by atoms with E-state index in [4.69, 9.17) is 11.6 Å². The molecule has 0 saturated heterocycles. The van der Waals surface area contributed by atoms with Crippen LogP contribution in [0.5, 0.6) is 0 Å². The van der Waals surface area contributed by atoms with E-state index < -0.39 is 0 Å². The number of thioether (sulfide) groups is 1. The van der Waals surface area contributed by atoms with Gasteiger partial charge in [-0.3, -0.25) is 4.79 Å². The highest BCUT2D eigenvalue weighted by molar-refractivity contribution is 7.98. The molecule has 3 rings (SSSR count). The molecule has 1 atom stereocenters. The first kappa shape index (κ1) is 18.0. The van der Waals surface area contributed by atoms with Gasteiger partial charge in [-0.05, 0) is 48.9 Å². The summed E-state index contributed by atoms with van der Waals surface area (Å²) in [6.07, 6.45) is 0. The van der Waals surface area contributed by atoms with E-state index in [1.165, 1.54) is 0 Å². The van der Waals surface area contributed by atoms with Crippen LogP contribution < -0.4 is 5.32 Å². The molecule has 0 aliphatic rings. The third-order valence-corrected chi connectivity index (χ3v) is 5.64. The Morgan fingerprint density at radius 1 is 1.20 bits per heavy atom. The molecular formula is C19H17ClN2OS2. The Morgan fingerprint density at radius 3 is 2.56 bits per heavy atom. The standard InChI is InChI=1S/C19H17ClN2OS2/c1-13(14-2-6-16(20)7-3-14)22-19(23)15-4-8-18(9-5-15)25-11-17-10-24-12-21-17/h2-10,12-13H,11H2,1H3,(H,22,23). The van der Waals surface area contributed by atoms with E-state index in [-0.39, 0.29) is 11.9 Å². The van der Waals surface area contributed by atoms with Gasteiger partial charge < -0.3 is 5.32 Å². The van der Waals surface area contributed by atoms with Gasteiger partial charge in [-0.2, -0.15) is 0 Å². The maximum Gasteiger partial charge on any atom is 0.251 e. The van der Waals surface area contributed by atoms with Gasteiger partial charge in [-0.25, -0.2) is 4.98 Å². The summed E-state index contributed by atoms with van der Waals surface area (Å²) in [5.41, 5.74) is 4.59. The average Bonchev–Trinajstić information content (AvgIpc) is 3.14. The van der Waals surface area contributed by atoms with E-state index in [2.05, 4.69) is 10.3 Å². The molecule has 128 valence electrons. The maximum absolute atomic E-state index is 12.4. The number of carbonyl (C=O) groups excluding carboxylic acids is 1. The van der Waals surface area contributed by atoms with Gasteiger partial charge in [-0.1, -0.05) is 23.7 Å². The zero-order valence-corrected chi connectivity index (χ0v) is 16.0. The maximum atomic E-state index is 12.4. The Hall–Kier alpha value is -1.82. The summed E-state index contributed by atoms with van der Waals surface area (Å²) in [5.74, 6) is 0.751. The molecule has 3 nitrogen and oxygen atoms in total. The van der Waals surface area contributed by atoms with Crippen LogP contribution in [0.4, 0.5) is 0 Å². The number of amides is 1. The van der Waals surface area contributed by atoms with E-state index in [1.807, 2.05) is 66.3 Å². The summed E-state index contributed by atoms with van der Waals surface area (Å²) in [6, 6.07) is 15.1. The van der Waals surface area contributed by atoms with Crippen molar-refractivity contribution >= 4 is 40.6 Å². The fourth-order valence-corrected chi connectivity index (χ4v) is 3.87. The van der Waals surface area contributed by atoms with Gasteiger partial charge in [0.1, 0.15) is 0 Å². The number of nitrogens with one attached hydrogen (secondary N) is 1. The SMILES string of the molecule is CC(NC(=O)c1ccc(SCc2cscn2)cc1)c1ccc(Cl)cc1. The van der Waals surface area contributed by atoms with E-state index in [0.717, 1.165) is 21.9 Å². The smallest absolute Gasteiger partial charge is 0.251 e. The van der Waals surface area contributed by atoms with Gasteiger partial charge in [0, 0.05) is 26.6 Å². The van der Waals surface area contributed by atoms with Gasteiger partial charge in [0.05, 0.1) is 17.2 Å². The topological polar surface area (TPSA) is 42.0 Å². The van der Waals surface area contributed by atoms with E-state index in [1.54, 1.807) is 23.1 Å². The lowest BCUT2D eigenvalue weighted by Crippen LogP contribution is -2.26. The van der Waals surface area contributed by atoms with Crippen LogP contribution in [-0.4, -0.2) is 10.9 Å². The van der Waals surface area contributed by atoms with Crippen molar-refractivity contribution in [2.45, 2.75) is 23.6 Å². The summed E-state index contributed by atoms with van der Waals surface area (Å²) in [5, 5.41) is 5.74. The van der Waals surface area contributed by atoms with Crippen molar-refractivity contribution < 1.29 is 4.79 Å². The zero-order chi connectivity index (χ0) is 17.6. The summed E-state index contributed by atoms with van der Waals surface area (Å²) in [6.45, 7) is 1.96. The van der Waals surface area contributed by atoms with Crippen LogP contribution in [0.15, 0.2) is 64.3 Å². The number of hydrogen-bond acceptors (Lipinski definition) is 4. The summed E-state index contributed by atoms with van der Waals surface area (Å²) in [7, 11) is 0. The predicted molar refractivity (Wildman–Crippen MR) is 105 cm³/mol. The third-order valence-electron chi connectivity index (χ3n) is 3.70. The number of aromatic nitrogens is 1. The number of hydrogen-bond donors (Lipinski definition) is 1. The van der Waals surface area contributed by atoms with Crippen molar-refractivity contribution in [1.82, 2.24) is 10.3 Å². The number of halogens is 1. The first-order valence-corrected chi connectivity index (χ1v) is 10.1. The third kappa shape index (κ3) is 5.08. The molecular weight excluding hydrogens is 372 g/mol. The minimum Gasteiger partial charge on any atom is -0.346 e. The Morgan fingerprint density at radius 2 is 1.92 bits per heavy atom. The predicted octanol–water partition coefficient (Wildman–Crippen LogP) is 5.58. The first-order valence-electron chi connectivity index (χ1n) is 7.78. The molecule has 3 aromatic rings. The van der Waals surface area contributed by atoms with Crippen molar-refractivity contribution in [3.8, 4) is 0 Å². The fourth-order valence-electron chi connectivity index (χ4n) is 2.28. The van der Waals surface area contributed by atoms with Crippen LogP contribution in [0, 0.1) is 0 Å². The highest BCUT2D eigenvalue weighted by Gasteiger charge is 2.11. The molecule has 1 aromatic heterocycles. The van der Waals surface area contributed by atoms with Crippen molar-refractivity contribution in [2.24, 2.45) is 0 Å². The molecule has 0 aliphatic carbocycles. The van der Waals surface area contributed by atoms with Gasteiger partial charge in [0.25, 0.3) is 5.91 Å². The highest BCUT2D eigenvalue weighted by atomic mass is 35.5. The van der Waals surface area contributed by atoms with Gasteiger partial charge in [0.15, 0.2) is 0 Å². The highest BCUT2D eigenvalue weighted by Crippen LogP contribution is 2.23. The molecule has 6 heteroatoms. The minimum absolute atomic E-state index is 0.0801. The lowest BCUT2D eigenvalue weighted by atomic mass is 10.1. The number of nitrogens with zero attached hydrogens (tertiary/aromatic N) is 1. The van der Waals surface area contributed by atoms with Gasteiger partial charge in [-0.15, -0.1) is 23.1 Å². The Bertz CT molecular complexity index is 818. The zero-order valence-electron chi connectivity index (χ0n) is 13.6. The molecule has 0 radical (unpaired) electrons. The molecule has 0 aliphatic heterocycles. The number of thiazole rings is 1. The lowest BCUT2D eigenvalue weighted by Gasteiger charge is -2.14. The van der Waals surface area contributed by atoms with Crippen molar-refractivity contribution in [2.75, 3.05) is 0 Å². The summed E-state index contributed by atoms with van der Waals surface area (Å²) >= 11 is 9.21. The summed E-state index contributed by atoms with van der Waals surface area (Å²) < 4.78 is 0. The van der Waals surface area contributed by atoms with E-state index >= 15 is 0 Å². The molecule has 1 N–H and O–H groups in total. The van der Waals surface area contributed by atoms with Crippen LogP contribution in [0.25, 0.3) is 0 Å². The van der Waals surface area contributed by atoms with Crippen LogP contribution in [0.1, 0.15) is 34.6 Å². The molecule has 2 aromatic carbocycles. The fraction of sp³-hybridized carbons (Fsp3) is 0.158. The quantitative estimate of drug-likeness (QED) is 0.560. The Labute approximate surface area is 160 Å². The molecule has 0 bridgehead atoms. The second kappa shape index (κ2) is 8.52. The molecule has 0 saturated carbocycles. The number of carbonyl (C=O) groups is 1. The van der Waals surface area contributed by atoms with Crippen LogP contribution in [0.2, 0.25) is 5.02 Å². The van der Waals surface area contributed by atoms with Gasteiger partial charge in [0.2, 0.25) is 0 Å². The van der Waals surface area contributed by atoms with Crippen LogP contribution >= 0.6 is 34.7 Å². The van der Waals surface area contributed by atoms with Gasteiger partial charge >= 0.3 is 0 Å². The van der Waals surface area contributed by atoms with Crippen LogP contribution in [0.3, 0.4) is 0 Å². The Balaban J connectivity index is 1.57. The Kier molecular flexibility index (Phi) is 6.13. The summed E-state index contributed by atoms with van der Waals surface area (Å²) in [4.78, 5) is 17.8. The normalized spacial score (nSPS) is 11.9. The van der Waals surface area contributed by atoms with Crippen molar-refractivity contribution in [1.29, 1.82) is 0 Å². The van der Waals surface area contributed by atoms with E-state index in [0.29, 0.717) is 10.6 Å². The van der Waals surface area contributed by atoms with Crippen molar-refractivity contribution in [3.05, 3.63) is 81.3 Å². The largest absolute Gasteiger partial charge is 0.346 e. The monoisotopic (exact) mass is 388 g/mol. The average molecular weight is 389 g/mol. The second-order valence-electron chi connectivity index (χ2n) is 5.54. The molecule has 1 unspecified atom stereocenters.